The van der Waals surface area contributed by atoms with Crippen LogP contribution in [0, 0.1) is 0 Å². The maximum Gasteiger partial charge on any atom is 0.257 e. The first kappa shape index (κ1) is 14.4. The molecule has 0 heterocycles. The number of nitrogens with zero attached hydrogens (tertiary/aromatic N) is 1. The summed E-state index contributed by atoms with van der Waals surface area (Å²) >= 11 is 3.43. The minimum atomic E-state index is -0.307. The molecule has 0 aliphatic heterocycles. The highest BCUT2D eigenvalue weighted by Crippen LogP contribution is 2.24. The van der Waals surface area contributed by atoms with E-state index in [0.29, 0.717) is 6.54 Å². The average Bonchev–Trinajstić information content (AvgIpc) is 2.40. The van der Waals surface area contributed by atoms with Crippen LogP contribution < -0.4 is 0 Å². The molecule has 0 saturated carbocycles. The molecule has 2 N–H and O–H groups in total. The molecule has 0 aliphatic rings. The predicted octanol–water partition coefficient (Wildman–Crippen LogP) is 3.13. The fourth-order valence-corrected chi connectivity index (χ4v) is 2.27. The lowest BCUT2D eigenvalue weighted by Gasteiger charge is -2.18. The number of phenols is 2. The van der Waals surface area contributed by atoms with Gasteiger partial charge in [-0.25, -0.2) is 0 Å². The van der Waals surface area contributed by atoms with E-state index in [-0.39, 0.29) is 23.0 Å². The molecule has 2 aromatic carbocycles. The van der Waals surface area contributed by atoms with Gasteiger partial charge in [-0.15, -0.1) is 0 Å². The molecule has 2 rings (SSSR count). The van der Waals surface area contributed by atoms with Gasteiger partial charge in [0, 0.05) is 24.1 Å². The van der Waals surface area contributed by atoms with Gasteiger partial charge in [0.15, 0.2) is 0 Å². The van der Waals surface area contributed by atoms with Crippen LogP contribution in [0.5, 0.6) is 11.5 Å². The summed E-state index contributed by atoms with van der Waals surface area (Å²) in [4.78, 5) is 13.8. The summed E-state index contributed by atoms with van der Waals surface area (Å²) in [5, 5.41) is 19.0. The van der Waals surface area contributed by atoms with E-state index in [4.69, 9.17) is 0 Å². The topological polar surface area (TPSA) is 60.8 Å². The molecule has 104 valence electrons. The van der Waals surface area contributed by atoms with Crippen molar-refractivity contribution in [3.05, 3.63) is 58.1 Å². The highest BCUT2D eigenvalue weighted by molar-refractivity contribution is 9.10. The van der Waals surface area contributed by atoms with Gasteiger partial charge in [0.25, 0.3) is 5.91 Å². The fourth-order valence-electron chi connectivity index (χ4n) is 1.86. The maximum atomic E-state index is 12.3. The van der Waals surface area contributed by atoms with E-state index in [0.717, 1.165) is 16.1 Å². The zero-order valence-electron chi connectivity index (χ0n) is 10.9. The molecule has 0 unspecified atom stereocenters. The first-order valence-electron chi connectivity index (χ1n) is 6.00. The van der Waals surface area contributed by atoms with Crippen molar-refractivity contribution in [3.8, 4) is 11.5 Å². The van der Waals surface area contributed by atoms with Crippen molar-refractivity contribution in [2.75, 3.05) is 7.05 Å². The number of aromatic hydroxyl groups is 2. The summed E-state index contributed by atoms with van der Waals surface area (Å²) in [7, 11) is 1.66. The van der Waals surface area contributed by atoms with Crippen LogP contribution >= 0.6 is 15.9 Å². The van der Waals surface area contributed by atoms with Gasteiger partial charge in [-0.3, -0.25) is 4.79 Å². The number of amides is 1. The lowest BCUT2D eigenvalue weighted by molar-refractivity contribution is 0.0782. The number of halogens is 1. The average molecular weight is 336 g/mol. The Hall–Kier alpha value is -2.01. The number of phenolic OH excluding ortho intramolecular Hbond substituents is 2. The predicted molar refractivity (Wildman–Crippen MR) is 79.7 cm³/mol. The Morgan fingerprint density at radius 3 is 2.55 bits per heavy atom. The van der Waals surface area contributed by atoms with Gasteiger partial charge in [-0.2, -0.15) is 0 Å². The summed E-state index contributed by atoms with van der Waals surface area (Å²) in [6, 6.07) is 11.6. The number of benzene rings is 2. The van der Waals surface area contributed by atoms with Crippen molar-refractivity contribution in [1.29, 1.82) is 0 Å². The van der Waals surface area contributed by atoms with Crippen molar-refractivity contribution in [1.82, 2.24) is 4.90 Å². The molecule has 0 fully saturated rings. The Morgan fingerprint density at radius 2 is 1.90 bits per heavy atom. The first-order chi connectivity index (χ1) is 9.49. The van der Waals surface area contributed by atoms with Crippen molar-refractivity contribution < 1.29 is 15.0 Å². The van der Waals surface area contributed by atoms with E-state index in [9.17, 15) is 15.0 Å². The zero-order chi connectivity index (χ0) is 14.7. The molecule has 0 saturated heterocycles. The third-order valence-corrected chi connectivity index (χ3v) is 3.70. The van der Waals surface area contributed by atoms with Crippen molar-refractivity contribution in [3.63, 3.8) is 0 Å². The summed E-state index contributed by atoms with van der Waals surface area (Å²) < 4.78 is 0.926. The van der Waals surface area contributed by atoms with E-state index >= 15 is 0 Å². The van der Waals surface area contributed by atoms with Gasteiger partial charge in [0.2, 0.25) is 0 Å². The molecule has 0 aliphatic carbocycles. The van der Waals surface area contributed by atoms with Crippen molar-refractivity contribution in [2.45, 2.75) is 6.54 Å². The van der Waals surface area contributed by atoms with Crippen LogP contribution in [0.4, 0.5) is 0 Å². The third-order valence-electron chi connectivity index (χ3n) is 2.92. The van der Waals surface area contributed by atoms with E-state index in [1.165, 1.54) is 17.0 Å². The molecular weight excluding hydrogens is 322 g/mol. The molecule has 20 heavy (non-hydrogen) atoms. The number of hydrogen-bond acceptors (Lipinski definition) is 3. The van der Waals surface area contributed by atoms with Gasteiger partial charge in [-0.1, -0.05) is 34.1 Å². The van der Waals surface area contributed by atoms with Crippen LogP contribution in [0.2, 0.25) is 0 Å². The number of carbonyl (C=O) groups is 1. The Kier molecular flexibility index (Phi) is 4.29. The molecule has 2 aromatic rings. The zero-order valence-corrected chi connectivity index (χ0v) is 12.5. The molecule has 0 spiro atoms. The van der Waals surface area contributed by atoms with Crippen LogP contribution in [0.15, 0.2) is 46.9 Å². The van der Waals surface area contributed by atoms with Gasteiger partial charge >= 0.3 is 0 Å². The SMILES string of the molecule is CN(Cc1ccccc1Br)C(=O)c1ccc(O)cc1O. The molecule has 0 aromatic heterocycles. The Labute approximate surface area is 125 Å². The highest BCUT2D eigenvalue weighted by Gasteiger charge is 2.17. The minimum absolute atomic E-state index is 0.0764. The Balaban J connectivity index is 2.19. The standard InChI is InChI=1S/C15H14BrNO3/c1-17(9-10-4-2-3-5-13(10)16)15(20)12-7-6-11(18)8-14(12)19/h2-8,18-19H,9H2,1H3. The van der Waals surface area contributed by atoms with Crippen LogP contribution in [0.1, 0.15) is 15.9 Å². The summed E-state index contributed by atoms with van der Waals surface area (Å²) in [6.07, 6.45) is 0. The summed E-state index contributed by atoms with van der Waals surface area (Å²) in [5.41, 5.74) is 1.14. The monoisotopic (exact) mass is 335 g/mol. The minimum Gasteiger partial charge on any atom is -0.508 e. The highest BCUT2D eigenvalue weighted by atomic mass is 79.9. The Morgan fingerprint density at radius 1 is 1.20 bits per heavy atom. The molecule has 0 bridgehead atoms. The van der Waals surface area contributed by atoms with Crippen LogP contribution in [0.25, 0.3) is 0 Å². The molecular formula is C15H14BrNO3. The molecule has 0 atom stereocenters. The second-order valence-corrected chi connectivity index (χ2v) is 5.31. The quantitative estimate of drug-likeness (QED) is 0.905. The van der Waals surface area contributed by atoms with Gasteiger partial charge in [0.1, 0.15) is 11.5 Å². The van der Waals surface area contributed by atoms with Crippen molar-refractivity contribution in [2.24, 2.45) is 0 Å². The molecule has 0 radical (unpaired) electrons. The van der Waals surface area contributed by atoms with E-state index < -0.39 is 0 Å². The molecule has 5 heteroatoms. The lowest BCUT2D eigenvalue weighted by atomic mass is 10.1. The number of hydrogen-bond donors (Lipinski definition) is 2. The van der Waals surface area contributed by atoms with Crippen LogP contribution in [0.3, 0.4) is 0 Å². The number of rotatable bonds is 3. The third kappa shape index (κ3) is 3.11. The number of carbonyl (C=O) groups excluding carboxylic acids is 1. The van der Waals surface area contributed by atoms with Gasteiger partial charge in [-0.05, 0) is 23.8 Å². The smallest absolute Gasteiger partial charge is 0.257 e. The van der Waals surface area contributed by atoms with Gasteiger partial charge < -0.3 is 15.1 Å². The normalized spacial score (nSPS) is 10.3. The molecule has 4 nitrogen and oxygen atoms in total. The largest absolute Gasteiger partial charge is 0.508 e. The fraction of sp³-hybridized carbons (Fsp3) is 0.133. The van der Waals surface area contributed by atoms with Crippen molar-refractivity contribution >= 4 is 21.8 Å². The first-order valence-corrected chi connectivity index (χ1v) is 6.79. The van der Waals surface area contributed by atoms with E-state index in [2.05, 4.69) is 15.9 Å². The maximum absolute atomic E-state index is 12.3. The van der Waals surface area contributed by atoms with E-state index in [1.54, 1.807) is 7.05 Å². The van der Waals surface area contributed by atoms with Crippen LogP contribution in [-0.2, 0) is 6.54 Å². The molecule has 1 amide bonds. The van der Waals surface area contributed by atoms with Gasteiger partial charge in [0.05, 0.1) is 5.56 Å². The summed E-state index contributed by atoms with van der Waals surface area (Å²) in [6.45, 7) is 0.417. The second-order valence-electron chi connectivity index (χ2n) is 4.45. The Bertz CT molecular complexity index is 643. The summed E-state index contributed by atoms with van der Waals surface area (Å²) in [5.74, 6) is -0.611. The second kappa shape index (κ2) is 5.96. The lowest BCUT2D eigenvalue weighted by Crippen LogP contribution is -2.26. The van der Waals surface area contributed by atoms with Crippen LogP contribution in [-0.4, -0.2) is 28.1 Å². The van der Waals surface area contributed by atoms with E-state index in [1.807, 2.05) is 24.3 Å².